The van der Waals surface area contributed by atoms with Gasteiger partial charge in [-0.1, -0.05) is 5.21 Å². The number of fused-ring (bicyclic) bond motifs is 1. The molecule has 8 N–H and O–H groups in total. The second kappa shape index (κ2) is 8.49. The second-order valence-electron chi connectivity index (χ2n) is 5.90. The maximum absolute atomic E-state index is 11.8. The first-order valence-electron chi connectivity index (χ1n) is 7.80. The molecular weight excluding hydrogens is 493 g/mol. The molecule has 0 bridgehead atoms. The van der Waals surface area contributed by atoms with Gasteiger partial charge in [-0.3, -0.25) is 4.52 Å². The van der Waals surface area contributed by atoms with E-state index in [-0.39, 0.29) is 17.0 Å². The van der Waals surface area contributed by atoms with E-state index in [1.54, 1.807) is 0 Å². The van der Waals surface area contributed by atoms with E-state index < -0.39 is 54.6 Å². The Bertz CT molecular complexity index is 1110. The normalized spacial score (nSPS) is 28.5. The number of ether oxygens (including phenoxy) is 1. The van der Waals surface area contributed by atoms with E-state index in [0.717, 1.165) is 11.0 Å². The summed E-state index contributed by atoms with van der Waals surface area (Å²) >= 11 is 0. The zero-order chi connectivity index (χ0) is 23.2. The summed E-state index contributed by atoms with van der Waals surface area (Å²) in [5.41, 5.74) is 5.74. The summed E-state index contributed by atoms with van der Waals surface area (Å²) < 4.78 is 51.5. The molecule has 0 spiro atoms. The first-order chi connectivity index (χ1) is 14.2. The first-order valence-corrected chi connectivity index (χ1v) is 12.3. The number of hydrogen-bond donors (Lipinski definition) is 7. The van der Waals surface area contributed by atoms with Crippen LogP contribution in [0.1, 0.15) is 6.23 Å². The minimum Gasteiger partial charge on any atom is -0.387 e. The van der Waals surface area contributed by atoms with Gasteiger partial charge in [0.05, 0.1) is 6.61 Å². The molecule has 31 heavy (non-hydrogen) atoms. The Balaban J connectivity index is 1.69. The van der Waals surface area contributed by atoms with Gasteiger partial charge in [-0.2, -0.15) is 13.3 Å². The van der Waals surface area contributed by atoms with Gasteiger partial charge in [-0.25, -0.2) is 23.7 Å². The number of nitrogen functional groups attached to an aromatic ring is 1. The van der Waals surface area contributed by atoms with Crippen LogP contribution in [0.3, 0.4) is 0 Å². The Morgan fingerprint density at radius 3 is 2.39 bits per heavy atom. The molecule has 3 heterocycles. The van der Waals surface area contributed by atoms with E-state index in [4.69, 9.17) is 25.2 Å². The van der Waals surface area contributed by atoms with Crippen LogP contribution in [0.25, 0.3) is 11.2 Å². The number of nitrogens with zero attached hydrogens (tertiary/aromatic N) is 5. The van der Waals surface area contributed by atoms with Gasteiger partial charge in [0.2, 0.25) is 0 Å². The topological polar surface area (TPSA) is 292 Å². The smallest absolute Gasteiger partial charge is 0.387 e. The van der Waals surface area contributed by atoms with Gasteiger partial charge in [0.1, 0.15) is 24.6 Å². The molecule has 3 unspecified atom stereocenters. The Morgan fingerprint density at radius 2 is 1.74 bits per heavy atom. The minimum absolute atomic E-state index is 0.0199. The Morgan fingerprint density at radius 1 is 1.06 bits per heavy atom. The molecule has 0 aliphatic carbocycles. The lowest BCUT2D eigenvalue weighted by molar-refractivity contribution is -0.0566. The predicted octanol–water partition coefficient (Wildman–Crippen LogP) is -2.23. The molecule has 2 aromatic heterocycles. The van der Waals surface area contributed by atoms with E-state index in [9.17, 15) is 28.8 Å². The van der Waals surface area contributed by atoms with Crippen molar-refractivity contribution >= 4 is 40.4 Å². The molecule has 1 aliphatic heterocycles. The highest BCUT2D eigenvalue weighted by Gasteiger charge is 2.47. The summed E-state index contributed by atoms with van der Waals surface area (Å²) in [6.07, 6.45) is -5.18. The van der Waals surface area contributed by atoms with Crippen molar-refractivity contribution in [3.63, 3.8) is 0 Å². The van der Waals surface area contributed by atoms with Crippen molar-refractivity contribution in [2.75, 3.05) is 12.3 Å². The third-order valence-corrected chi connectivity index (χ3v) is 7.49. The minimum atomic E-state index is -5.71. The second-order valence-corrected chi connectivity index (χ2v) is 10.3. The summed E-state index contributed by atoms with van der Waals surface area (Å²) in [5, 5.41) is 27.8. The Hall–Kier alpha value is -1.43. The molecule has 0 amide bonds. The van der Waals surface area contributed by atoms with E-state index in [1.165, 1.54) is 0 Å². The number of aliphatic hydroxyl groups is 2. The molecule has 2 aromatic rings. The van der Waals surface area contributed by atoms with Crippen LogP contribution in [0.5, 0.6) is 0 Å². The molecule has 1 fully saturated rings. The van der Waals surface area contributed by atoms with Gasteiger partial charge in [0, 0.05) is 0 Å². The standard InChI is InChI=1S/C9H15N6O13P3/c10-7-4-8(12-2-11-7)15(14-13-4)9-6(17)5(16)3(26-9)1-25-30(21,22)28-31(23,24)27-29(18,19)20/h2-3,5-6,9,16-17H,1H2,(H,21,22)(H,23,24)(H2,10,11,12)(H2,18,19,20)/t3-,5+,6?,9-/m1/s1. The number of anilines is 1. The van der Waals surface area contributed by atoms with Gasteiger partial charge in [-0.05, 0) is 0 Å². The fourth-order valence-corrected chi connectivity index (χ4v) is 5.52. The maximum atomic E-state index is 11.8. The van der Waals surface area contributed by atoms with Crippen molar-refractivity contribution in [1.82, 2.24) is 25.0 Å². The number of phosphoric ester groups is 1. The number of phosphoric acid groups is 3. The monoisotopic (exact) mass is 508 g/mol. The molecule has 174 valence electrons. The number of nitrogens with two attached hydrogens (primary N) is 1. The first kappa shape index (κ1) is 24.2. The summed E-state index contributed by atoms with van der Waals surface area (Å²) in [6.45, 7) is -0.984. The third kappa shape index (κ3) is 5.68. The average molecular weight is 508 g/mol. The van der Waals surface area contributed by atoms with E-state index in [0.29, 0.717) is 0 Å². The van der Waals surface area contributed by atoms with Crippen molar-refractivity contribution in [2.45, 2.75) is 24.5 Å². The van der Waals surface area contributed by atoms with E-state index in [2.05, 4.69) is 33.4 Å². The largest absolute Gasteiger partial charge is 0.490 e. The van der Waals surface area contributed by atoms with Gasteiger partial charge in [0.15, 0.2) is 23.2 Å². The van der Waals surface area contributed by atoms with E-state index in [1.807, 2.05) is 0 Å². The van der Waals surface area contributed by atoms with Crippen molar-refractivity contribution < 1.29 is 61.4 Å². The maximum Gasteiger partial charge on any atom is 0.490 e. The van der Waals surface area contributed by atoms with Crippen LogP contribution in [-0.4, -0.2) is 79.7 Å². The Kier molecular flexibility index (Phi) is 6.63. The van der Waals surface area contributed by atoms with Crippen molar-refractivity contribution in [3.05, 3.63) is 6.33 Å². The van der Waals surface area contributed by atoms with Crippen LogP contribution >= 0.6 is 23.5 Å². The summed E-state index contributed by atoms with van der Waals surface area (Å²) in [4.78, 5) is 43.1. The van der Waals surface area contributed by atoms with Crippen molar-refractivity contribution in [2.24, 2.45) is 0 Å². The molecule has 1 saturated heterocycles. The summed E-state index contributed by atoms with van der Waals surface area (Å²) in [7, 11) is -16.7. The van der Waals surface area contributed by atoms with Gasteiger partial charge >= 0.3 is 23.5 Å². The van der Waals surface area contributed by atoms with Gasteiger partial charge in [-0.15, -0.1) is 5.10 Å². The van der Waals surface area contributed by atoms with Crippen molar-refractivity contribution in [1.29, 1.82) is 0 Å². The fraction of sp³-hybridized carbons (Fsp3) is 0.556. The molecule has 19 nitrogen and oxygen atoms in total. The number of aromatic nitrogens is 5. The van der Waals surface area contributed by atoms with Crippen LogP contribution in [-0.2, 0) is 31.6 Å². The molecular formula is C9H15N6O13P3. The predicted molar refractivity (Wildman–Crippen MR) is 93.3 cm³/mol. The number of rotatable bonds is 8. The third-order valence-electron chi connectivity index (χ3n) is 3.69. The highest BCUT2D eigenvalue weighted by atomic mass is 31.3. The number of aliphatic hydroxyl groups excluding tert-OH is 2. The summed E-state index contributed by atoms with van der Waals surface area (Å²) in [6, 6.07) is 0. The van der Waals surface area contributed by atoms with E-state index >= 15 is 0 Å². The van der Waals surface area contributed by atoms with Crippen LogP contribution in [0.4, 0.5) is 5.82 Å². The van der Waals surface area contributed by atoms with Crippen LogP contribution in [0.15, 0.2) is 6.33 Å². The van der Waals surface area contributed by atoms with Crippen LogP contribution in [0.2, 0.25) is 0 Å². The van der Waals surface area contributed by atoms with Crippen LogP contribution in [0, 0.1) is 0 Å². The Labute approximate surface area is 170 Å². The zero-order valence-electron chi connectivity index (χ0n) is 14.8. The summed E-state index contributed by atoms with van der Waals surface area (Å²) in [5.74, 6) is -0.0199. The average Bonchev–Trinajstić information content (AvgIpc) is 3.13. The molecule has 1 aliphatic rings. The molecule has 22 heteroatoms. The zero-order valence-corrected chi connectivity index (χ0v) is 17.5. The lowest BCUT2D eigenvalue weighted by Gasteiger charge is -2.19. The fourth-order valence-electron chi connectivity index (χ4n) is 2.49. The lowest BCUT2D eigenvalue weighted by atomic mass is 10.1. The SMILES string of the molecule is Nc1ncnc2c1nnn2[C@@H]1O[C@H](COP(=O)(O)OP(=O)(O)OP(=O)(O)O)[C@H](O)C1O. The molecule has 3 rings (SSSR count). The highest BCUT2D eigenvalue weighted by molar-refractivity contribution is 7.66. The van der Waals surface area contributed by atoms with Crippen molar-refractivity contribution in [3.8, 4) is 0 Å². The molecule has 0 radical (unpaired) electrons. The van der Waals surface area contributed by atoms with Gasteiger partial charge in [0.25, 0.3) is 0 Å². The molecule has 0 aromatic carbocycles. The number of hydrogen-bond acceptors (Lipinski definition) is 14. The quantitative estimate of drug-likeness (QED) is 0.185. The van der Waals surface area contributed by atoms with Gasteiger partial charge < -0.3 is 40.3 Å². The highest BCUT2D eigenvalue weighted by Crippen LogP contribution is 2.66. The molecule has 0 saturated carbocycles. The lowest BCUT2D eigenvalue weighted by Crippen LogP contribution is -2.33. The molecule has 6 atom stereocenters. The van der Waals surface area contributed by atoms with Crippen LogP contribution < -0.4 is 5.73 Å².